The summed E-state index contributed by atoms with van der Waals surface area (Å²) in [4.78, 5) is 0. The Kier molecular flexibility index (Phi) is 7.99. The Labute approximate surface area is 169 Å². The van der Waals surface area contributed by atoms with Gasteiger partial charge in [-0.05, 0) is 87.9 Å². The summed E-state index contributed by atoms with van der Waals surface area (Å²) in [6.07, 6.45) is 30.4. The molecule has 0 amide bonds. The maximum absolute atomic E-state index is 4.11. The molecule has 0 saturated heterocycles. The lowest BCUT2D eigenvalue weighted by atomic mass is 9.75. The SMILES string of the molecule is C1CCC(CC2CCC(NC3CCC(CC4CCCCC4)CC3)CC2)CC1. The van der Waals surface area contributed by atoms with Crippen molar-refractivity contribution in [2.75, 3.05) is 0 Å². The van der Waals surface area contributed by atoms with Gasteiger partial charge in [-0.2, -0.15) is 0 Å². The molecule has 1 nitrogen and oxygen atoms in total. The van der Waals surface area contributed by atoms with Gasteiger partial charge in [0.05, 0.1) is 0 Å². The molecule has 1 heteroatoms. The molecule has 4 aliphatic carbocycles. The van der Waals surface area contributed by atoms with E-state index in [0.29, 0.717) is 0 Å². The lowest BCUT2D eigenvalue weighted by Crippen LogP contribution is -2.42. The topological polar surface area (TPSA) is 12.0 Å². The maximum atomic E-state index is 4.11. The van der Waals surface area contributed by atoms with Crippen molar-refractivity contribution in [2.45, 2.75) is 141 Å². The van der Waals surface area contributed by atoms with E-state index in [4.69, 9.17) is 0 Å². The average Bonchev–Trinajstić information content (AvgIpc) is 2.73. The molecular formula is C26H47N. The summed E-state index contributed by atoms with van der Waals surface area (Å²) in [6, 6.07) is 1.71. The zero-order valence-corrected chi connectivity index (χ0v) is 18.1. The van der Waals surface area contributed by atoms with E-state index in [2.05, 4.69) is 5.32 Å². The van der Waals surface area contributed by atoms with Crippen LogP contribution in [0.25, 0.3) is 0 Å². The van der Waals surface area contributed by atoms with E-state index in [-0.39, 0.29) is 0 Å². The molecule has 0 unspecified atom stereocenters. The molecular weight excluding hydrogens is 326 g/mol. The first-order valence-corrected chi connectivity index (χ1v) is 13.1. The molecule has 0 aromatic rings. The minimum absolute atomic E-state index is 0.854. The van der Waals surface area contributed by atoms with E-state index >= 15 is 0 Å². The van der Waals surface area contributed by atoms with Crippen LogP contribution >= 0.6 is 0 Å². The number of nitrogens with one attached hydrogen (secondary N) is 1. The van der Waals surface area contributed by atoms with Crippen LogP contribution in [0.5, 0.6) is 0 Å². The fraction of sp³-hybridized carbons (Fsp3) is 1.00. The monoisotopic (exact) mass is 373 g/mol. The molecule has 4 rings (SSSR count). The van der Waals surface area contributed by atoms with Gasteiger partial charge >= 0.3 is 0 Å². The summed E-state index contributed by atoms with van der Waals surface area (Å²) < 4.78 is 0. The number of rotatable bonds is 6. The van der Waals surface area contributed by atoms with Gasteiger partial charge in [-0.15, -0.1) is 0 Å². The Balaban J connectivity index is 1.09. The molecule has 4 fully saturated rings. The first kappa shape index (κ1) is 20.2. The summed E-state index contributed by atoms with van der Waals surface area (Å²) >= 11 is 0. The first-order chi connectivity index (χ1) is 13.3. The number of hydrogen-bond acceptors (Lipinski definition) is 1. The molecule has 27 heavy (non-hydrogen) atoms. The average molecular weight is 374 g/mol. The fourth-order valence-electron chi connectivity index (χ4n) is 7.25. The molecule has 0 bridgehead atoms. The van der Waals surface area contributed by atoms with Crippen LogP contribution in [-0.2, 0) is 0 Å². The van der Waals surface area contributed by atoms with Crippen LogP contribution in [0.3, 0.4) is 0 Å². The smallest absolute Gasteiger partial charge is 0.00698 e. The third kappa shape index (κ3) is 6.48. The second-order valence-electron chi connectivity index (χ2n) is 11.1. The van der Waals surface area contributed by atoms with Gasteiger partial charge in [0.2, 0.25) is 0 Å². The van der Waals surface area contributed by atoms with Gasteiger partial charge in [-0.3, -0.25) is 0 Å². The Morgan fingerprint density at radius 3 is 1.07 bits per heavy atom. The van der Waals surface area contributed by atoms with Crippen LogP contribution in [0, 0.1) is 23.7 Å². The van der Waals surface area contributed by atoms with E-state index in [1.54, 1.807) is 38.5 Å². The van der Waals surface area contributed by atoms with Gasteiger partial charge in [-0.25, -0.2) is 0 Å². The van der Waals surface area contributed by atoms with Gasteiger partial charge in [0.15, 0.2) is 0 Å². The molecule has 0 spiro atoms. The van der Waals surface area contributed by atoms with Crippen LogP contribution in [-0.4, -0.2) is 12.1 Å². The summed E-state index contributed by atoms with van der Waals surface area (Å²) in [5, 5.41) is 4.11. The van der Waals surface area contributed by atoms with Crippen molar-refractivity contribution in [1.29, 1.82) is 0 Å². The minimum atomic E-state index is 0.854. The van der Waals surface area contributed by atoms with Gasteiger partial charge in [0, 0.05) is 12.1 Å². The molecule has 0 radical (unpaired) electrons. The van der Waals surface area contributed by atoms with Crippen LogP contribution in [0.1, 0.15) is 128 Å². The van der Waals surface area contributed by atoms with E-state index in [9.17, 15) is 0 Å². The maximum Gasteiger partial charge on any atom is 0.00698 e. The zero-order valence-electron chi connectivity index (χ0n) is 18.1. The molecule has 0 aliphatic heterocycles. The second-order valence-corrected chi connectivity index (χ2v) is 11.1. The highest BCUT2D eigenvalue weighted by Crippen LogP contribution is 2.37. The summed E-state index contributed by atoms with van der Waals surface area (Å²) in [5.41, 5.74) is 0. The highest BCUT2D eigenvalue weighted by molar-refractivity contribution is 4.85. The molecule has 1 N–H and O–H groups in total. The second kappa shape index (κ2) is 10.7. The predicted octanol–water partition coefficient (Wildman–Crippen LogP) is 7.63. The van der Waals surface area contributed by atoms with Crippen LogP contribution < -0.4 is 5.32 Å². The van der Waals surface area contributed by atoms with Crippen molar-refractivity contribution in [3.8, 4) is 0 Å². The Morgan fingerprint density at radius 1 is 0.370 bits per heavy atom. The lowest BCUT2D eigenvalue weighted by molar-refractivity contribution is 0.187. The third-order valence-corrected chi connectivity index (χ3v) is 8.95. The molecule has 0 atom stereocenters. The summed E-state index contributed by atoms with van der Waals surface area (Å²) in [6.45, 7) is 0. The van der Waals surface area contributed by atoms with Crippen LogP contribution in [0.15, 0.2) is 0 Å². The van der Waals surface area contributed by atoms with Crippen molar-refractivity contribution in [1.82, 2.24) is 5.32 Å². The van der Waals surface area contributed by atoms with Crippen molar-refractivity contribution in [2.24, 2.45) is 23.7 Å². The van der Waals surface area contributed by atoms with Gasteiger partial charge in [-0.1, -0.05) is 64.2 Å². The number of hydrogen-bond donors (Lipinski definition) is 1. The van der Waals surface area contributed by atoms with Gasteiger partial charge < -0.3 is 5.32 Å². The van der Waals surface area contributed by atoms with Crippen molar-refractivity contribution in [3.63, 3.8) is 0 Å². The Bertz CT molecular complexity index is 352. The Morgan fingerprint density at radius 2 is 0.704 bits per heavy atom. The molecule has 0 aromatic heterocycles. The molecule has 4 saturated carbocycles. The van der Waals surface area contributed by atoms with Gasteiger partial charge in [0.25, 0.3) is 0 Å². The fourth-order valence-corrected chi connectivity index (χ4v) is 7.25. The first-order valence-electron chi connectivity index (χ1n) is 13.1. The van der Waals surface area contributed by atoms with Gasteiger partial charge in [0.1, 0.15) is 0 Å². The zero-order chi connectivity index (χ0) is 18.3. The quantitative estimate of drug-likeness (QED) is 0.504. The van der Waals surface area contributed by atoms with Crippen LogP contribution in [0.4, 0.5) is 0 Å². The Hall–Kier alpha value is -0.0400. The molecule has 156 valence electrons. The van der Waals surface area contributed by atoms with Crippen molar-refractivity contribution < 1.29 is 0 Å². The third-order valence-electron chi connectivity index (χ3n) is 8.95. The standard InChI is InChI=1S/C26H47N/c1-3-7-21(8-4-1)19-23-11-15-25(16-12-23)27-26-17-13-24(14-18-26)20-22-9-5-2-6-10-22/h21-27H,1-20H2. The van der Waals surface area contributed by atoms with Crippen molar-refractivity contribution in [3.05, 3.63) is 0 Å². The molecule has 4 aliphatic rings. The van der Waals surface area contributed by atoms with Crippen molar-refractivity contribution >= 4 is 0 Å². The minimum Gasteiger partial charge on any atom is -0.311 e. The summed E-state index contributed by atoms with van der Waals surface area (Å²) in [7, 11) is 0. The predicted molar refractivity (Wildman–Crippen MR) is 117 cm³/mol. The lowest BCUT2D eigenvalue weighted by Gasteiger charge is -2.37. The van der Waals surface area contributed by atoms with E-state index in [0.717, 1.165) is 35.8 Å². The largest absolute Gasteiger partial charge is 0.311 e. The highest BCUT2D eigenvalue weighted by atomic mass is 15.0. The highest BCUT2D eigenvalue weighted by Gasteiger charge is 2.28. The summed E-state index contributed by atoms with van der Waals surface area (Å²) in [5.74, 6) is 4.31. The van der Waals surface area contributed by atoms with E-state index in [1.165, 1.54) is 89.9 Å². The van der Waals surface area contributed by atoms with E-state index < -0.39 is 0 Å². The molecule has 0 heterocycles. The molecule has 0 aromatic carbocycles. The van der Waals surface area contributed by atoms with E-state index in [1.807, 2.05) is 0 Å². The normalized spacial score (nSPS) is 37.3. The van der Waals surface area contributed by atoms with Crippen LogP contribution in [0.2, 0.25) is 0 Å².